The maximum atomic E-state index is 13.6. The number of nitrogens with one attached hydrogen (secondary N) is 3. The lowest BCUT2D eigenvalue weighted by Crippen LogP contribution is -2.43. The molecular weight excluding hydrogens is 516 g/mol. The van der Waals surface area contributed by atoms with E-state index in [-0.39, 0.29) is 35.9 Å². The Bertz CT molecular complexity index is 844. The lowest BCUT2D eigenvalue weighted by Gasteiger charge is -2.25. The molecule has 1 amide bonds. The first-order valence-corrected chi connectivity index (χ1v) is 9.62. The van der Waals surface area contributed by atoms with Gasteiger partial charge in [-0.2, -0.15) is 0 Å². The molecule has 0 fully saturated rings. The first-order valence-electron chi connectivity index (χ1n) is 8.74. The van der Waals surface area contributed by atoms with E-state index >= 15 is 0 Å². The molecule has 0 aliphatic rings. The Morgan fingerprint density at radius 1 is 1.14 bits per heavy atom. The van der Waals surface area contributed by atoms with Crippen LogP contribution in [-0.4, -0.2) is 31.5 Å². The summed E-state index contributed by atoms with van der Waals surface area (Å²) < 4.78 is 39.8. The van der Waals surface area contributed by atoms with Gasteiger partial charge in [0.05, 0.1) is 5.69 Å². The van der Waals surface area contributed by atoms with Crippen LogP contribution in [0.15, 0.2) is 34.6 Å². The van der Waals surface area contributed by atoms with E-state index < -0.39 is 29.0 Å². The van der Waals surface area contributed by atoms with Crippen molar-refractivity contribution < 1.29 is 18.0 Å². The summed E-state index contributed by atoms with van der Waals surface area (Å²) in [6.07, 6.45) is 0. The van der Waals surface area contributed by atoms with E-state index in [2.05, 4.69) is 40.9 Å². The van der Waals surface area contributed by atoms with Crippen LogP contribution in [-0.2, 0) is 10.2 Å². The van der Waals surface area contributed by atoms with Gasteiger partial charge in [-0.3, -0.25) is 4.79 Å². The summed E-state index contributed by atoms with van der Waals surface area (Å²) in [5, 5.41) is 10.4. The van der Waals surface area contributed by atoms with Gasteiger partial charge >= 0.3 is 0 Å². The van der Waals surface area contributed by atoms with Gasteiger partial charge < -0.3 is 16.0 Å². The van der Waals surface area contributed by atoms with E-state index in [0.29, 0.717) is 19.0 Å². The summed E-state index contributed by atoms with van der Waals surface area (Å²) in [6, 6.07) is 5.75. The Morgan fingerprint density at radius 3 is 2.48 bits per heavy atom. The minimum Gasteiger partial charge on any atom is -0.357 e. The summed E-state index contributed by atoms with van der Waals surface area (Å²) in [4.78, 5) is 17.4. The summed E-state index contributed by atoms with van der Waals surface area (Å²) in [5.41, 5.74) is -0.572. The smallest absolute Gasteiger partial charge is 0.246 e. The molecule has 0 atom stereocenters. The number of benzene rings is 1. The van der Waals surface area contributed by atoms with Crippen LogP contribution in [0.2, 0.25) is 0 Å². The fourth-order valence-electron chi connectivity index (χ4n) is 2.36. The highest BCUT2D eigenvalue weighted by Gasteiger charge is 2.22. The summed E-state index contributed by atoms with van der Waals surface area (Å²) in [7, 11) is 0. The second-order valence-corrected chi connectivity index (χ2v) is 7.63. The second-order valence-electron chi connectivity index (χ2n) is 6.68. The number of guanidine groups is 1. The van der Waals surface area contributed by atoms with Crippen molar-refractivity contribution in [1.82, 2.24) is 10.6 Å². The molecular formula is C19H24F3IN4OS. The molecule has 0 unspecified atom stereocenters. The Labute approximate surface area is 189 Å². The number of aliphatic imine (C=N–C) groups is 1. The number of hydrogen-bond donors (Lipinski definition) is 3. The Kier molecular flexibility index (Phi) is 9.90. The largest absolute Gasteiger partial charge is 0.357 e. The molecule has 5 nitrogen and oxygen atoms in total. The number of anilines is 1. The van der Waals surface area contributed by atoms with Crippen LogP contribution < -0.4 is 16.0 Å². The Hall–Kier alpha value is -1.82. The number of carbonyl (C=O) groups is 1. The molecule has 1 aromatic carbocycles. The molecule has 0 aliphatic heterocycles. The molecule has 29 heavy (non-hydrogen) atoms. The third-order valence-electron chi connectivity index (χ3n) is 3.92. The van der Waals surface area contributed by atoms with E-state index in [1.54, 1.807) is 11.3 Å². The number of nitrogens with zero attached hydrogens (tertiary/aromatic N) is 1. The van der Waals surface area contributed by atoms with Crippen molar-refractivity contribution >= 4 is 52.9 Å². The SMILES string of the molecule is CCNC(=NCC(=O)Nc1ccc(F)c(F)c1F)NCC(C)(C)c1cccs1.I. The number of thiophene rings is 1. The van der Waals surface area contributed by atoms with E-state index in [1.807, 2.05) is 18.4 Å². The molecule has 1 aromatic heterocycles. The van der Waals surface area contributed by atoms with Crippen LogP contribution >= 0.6 is 35.3 Å². The summed E-state index contributed by atoms with van der Waals surface area (Å²) in [6.45, 7) is 6.93. The van der Waals surface area contributed by atoms with Crippen molar-refractivity contribution in [3.63, 3.8) is 0 Å². The van der Waals surface area contributed by atoms with Crippen LogP contribution in [0, 0.1) is 17.5 Å². The highest BCUT2D eigenvalue weighted by Crippen LogP contribution is 2.26. The molecule has 0 saturated heterocycles. The molecule has 0 bridgehead atoms. The van der Waals surface area contributed by atoms with Gasteiger partial charge in [-0.05, 0) is 30.5 Å². The van der Waals surface area contributed by atoms with Crippen molar-refractivity contribution in [2.24, 2.45) is 4.99 Å². The Morgan fingerprint density at radius 2 is 1.86 bits per heavy atom. The molecule has 10 heteroatoms. The molecule has 0 aliphatic carbocycles. The third-order valence-corrected chi connectivity index (χ3v) is 5.16. The number of halogens is 4. The van der Waals surface area contributed by atoms with Gasteiger partial charge in [0.25, 0.3) is 0 Å². The number of amides is 1. The second kappa shape index (κ2) is 11.4. The first kappa shape index (κ1) is 25.2. The highest BCUT2D eigenvalue weighted by atomic mass is 127. The van der Waals surface area contributed by atoms with Crippen molar-refractivity contribution in [3.8, 4) is 0 Å². The molecule has 1 heterocycles. The molecule has 0 saturated carbocycles. The van der Waals surface area contributed by atoms with Gasteiger partial charge in [0.15, 0.2) is 23.4 Å². The van der Waals surface area contributed by atoms with E-state index in [0.717, 1.165) is 12.1 Å². The van der Waals surface area contributed by atoms with Crippen LogP contribution in [0.25, 0.3) is 0 Å². The number of rotatable bonds is 7. The van der Waals surface area contributed by atoms with Crippen molar-refractivity contribution in [2.45, 2.75) is 26.2 Å². The predicted octanol–water partition coefficient (Wildman–Crippen LogP) is 4.25. The van der Waals surface area contributed by atoms with Crippen molar-refractivity contribution in [3.05, 3.63) is 52.0 Å². The van der Waals surface area contributed by atoms with E-state index in [4.69, 9.17) is 0 Å². The van der Waals surface area contributed by atoms with E-state index in [9.17, 15) is 18.0 Å². The lowest BCUT2D eigenvalue weighted by molar-refractivity contribution is -0.114. The molecule has 3 N–H and O–H groups in total. The average Bonchev–Trinajstić information content (AvgIpc) is 3.20. The van der Waals surface area contributed by atoms with Gasteiger partial charge in [-0.1, -0.05) is 19.9 Å². The van der Waals surface area contributed by atoms with Gasteiger partial charge in [-0.15, -0.1) is 35.3 Å². The first-order chi connectivity index (χ1) is 13.2. The van der Waals surface area contributed by atoms with Gasteiger partial charge in [0.2, 0.25) is 5.91 Å². The molecule has 2 rings (SSSR count). The zero-order valence-corrected chi connectivity index (χ0v) is 19.5. The van der Waals surface area contributed by atoms with Gasteiger partial charge in [0, 0.05) is 23.4 Å². The average molecular weight is 540 g/mol. The zero-order valence-electron chi connectivity index (χ0n) is 16.3. The summed E-state index contributed by atoms with van der Waals surface area (Å²) >= 11 is 1.66. The monoisotopic (exact) mass is 540 g/mol. The van der Waals surface area contributed by atoms with Crippen molar-refractivity contribution in [1.29, 1.82) is 0 Å². The number of hydrogen-bond acceptors (Lipinski definition) is 3. The molecule has 2 aromatic rings. The minimum absolute atomic E-state index is 0. The molecule has 160 valence electrons. The highest BCUT2D eigenvalue weighted by molar-refractivity contribution is 14.0. The molecule has 0 spiro atoms. The molecule has 0 radical (unpaired) electrons. The topological polar surface area (TPSA) is 65.5 Å². The van der Waals surface area contributed by atoms with Crippen molar-refractivity contribution in [2.75, 3.05) is 25.0 Å². The quantitative estimate of drug-likeness (QED) is 0.213. The van der Waals surface area contributed by atoms with E-state index in [1.165, 1.54) is 4.88 Å². The standard InChI is InChI=1S/C19H23F3N4OS.HI/c1-4-23-18(25-11-19(2,3)14-6-5-9-28-14)24-10-15(27)26-13-8-7-12(20)16(21)17(13)22;/h5-9H,4,10-11H2,1-3H3,(H,26,27)(H2,23,24,25);1H. The van der Waals surface area contributed by atoms with Gasteiger partial charge in [0.1, 0.15) is 6.54 Å². The van der Waals surface area contributed by atoms with Crippen LogP contribution in [0.4, 0.5) is 18.9 Å². The fourth-order valence-corrected chi connectivity index (χ4v) is 3.21. The normalized spacial score (nSPS) is 11.6. The van der Waals surface area contributed by atoms with Crippen LogP contribution in [0.5, 0.6) is 0 Å². The zero-order chi connectivity index (χ0) is 20.7. The fraction of sp³-hybridized carbons (Fsp3) is 0.368. The maximum absolute atomic E-state index is 13.6. The maximum Gasteiger partial charge on any atom is 0.246 e. The van der Waals surface area contributed by atoms with Crippen LogP contribution in [0.1, 0.15) is 25.6 Å². The summed E-state index contributed by atoms with van der Waals surface area (Å²) in [5.74, 6) is -4.62. The predicted molar refractivity (Wildman–Crippen MR) is 122 cm³/mol. The minimum atomic E-state index is -1.63. The third kappa shape index (κ3) is 7.18. The lowest BCUT2D eigenvalue weighted by atomic mass is 9.91. The van der Waals surface area contributed by atoms with Gasteiger partial charge in [-0.25, -0.2) is 18.2 Å². The Balaban J connectivity index is 0.00000420. The van der Waals surface area contributed by atoms with Crippen LogP contribution in [0.3, 0.4) is 0 Å². The number of carbonyl (C=O) groups excluding carboxylic acids is 1.